The van der Waals surface area contributed by atoms with Gasteiger partial charge in [-0.2, -0.15) is 0 Å². The highest BCUT2D eigenvalue weighted by molar-refractivity contribution is 6.29. The van der Waals surface area contributed by atoms with Crippen LogP contribution in [0.15, 0.2) is 23.1 Å². The molecule has 0 aliphatic carbocycles. The molecule has 0 radical (unpaired) electrons. The van der Waals surface area contributed by atoms with E-state index in [1.807, 2.05) is 0 Å². The van der Waals surface area contributed by atoms with E-state index in [0.29, 0.717) is 5.15 Å². The maximum Gasteiger partial charge on any atom is 0.355 e. The zero-order valence-electron chi connectivity index (χ0n) is 11.2. The first kappa shape index (κ1) is 14.1. The van der Waals surface area contributed by atoms with Gasteiger partial charge < -0.3 is 4.57 Å². The Kier molecular flexibility index (Phi) is 3.29. The van der Waals surface area contributed by atoms with Crippen LogP contribution in [0.1, 0.15) is 11.3 Å². The first-order chi connectivity index (χ1) is 10.5. The average molecular weight is 322 g/mol. The summed E-state index contributed by atoms with van der Waals surface area (Å²) >= 11 is 5.73. The van der Waals surface area contributed by atoms with Crippen LogP contribution in [0, 0.1) is 17.0 Å². The number of halogens is 1. The van der Waals surface area contributed by atoms with Gasteiger partial charge in [0, 0.05) is 6.20 Å². The minimum atomic E-state index is -0.868. The molecule has 0 amide bonds. The Balaban J connectivity index is 2.24. The molecule has 3 heterocycles. The van der Waals surface area contributed by atoms with Crippen molar-refractivity contribution in [2.24, 2.45) is 0 Å². The molecule has 11 heteroatoms. The Bertz CT molecular complexity index is 931. The van der Waals surface area contributed by atoms with Gasteiger partial charge >= 0.3 is 11.2 Å². The summed E-state index contributed by atoms with van der Waals surface area (Å²) in [5, 5.41) is 22.1. The van der Waals surface area contributed by atoms with E-state index in [0.717, 1.165) is 10.1 Å². The standard InChI is InChI=1S/C11H8ClN7O3/c1-6-9(19(21)22)10(20)18-11(14-15-16-18)17(6)5-7-2-3-8(12)13-4-7/h2-4H,5H2,1H3. The molecular formula is C11H8ClN7O3. The number of rotatable bonds is 3. The van der Waals surface area contributed by atoms with Gasteiger partial charge in [-0.15, -0.1) is 4.52 Å². The van der Waals surface area contributed by atoms with Crippen LogP contribution >= 0.6 is 11.6 Å². The van der Waals surface area contributed by atoms with Crippen LogP contribution in [-0.2, 0) is 6.54 Å². The van der Waals surface area contributed by atoms with Gasteiger partial charge in [0.05, 0.1) is 11.5 Å². The predicted octanol–water partition coefficient (Wildman–Crippen LogP) is 0.599. The van der Waals surface area contributed by atoms with Gasteiger partial charge in [0.1, 0.15) is 10.8 Å². The van der Waals surface area contributed by atoms with E-state index in [2.05, 4.69) is 20.5 Å². The number of nitro groups is 1. The van der Waals surface area contributed by atoms with Crippen molar-refractivity contribution >= 4 is 23.1 Å². The summed E-state index contributed by atoms with van der Waals surface area (Å²) in [6.45, 7) is 1.68. The summed E-state index contributed by atoms with van der Waals surface area (Å²) in [6, 6.07) is 3.32. The van der Waals surface area contributed by atoms with Gasteiger partial charge in [-0.25, -0.2) is 4.98 Å². The van der Waals surface area contributed by atoms with E-state index < -0.39 is 16.2 Å². The third kappa shape index (κ3) is 2.19. The van der Waals surface area contributed by atoms with Gasteiger partial charge in [0.15, 0.2) is 0 Å². The molecule has 0 aromatic carbocycles. The van der Waals surface area contributed by atoms with Crippen LogP contribution in [0.3, 0.4) is 0 Å². The molecule has 0 saturated carbocycles. The lowest BCUT2D eigenvalue weighted by Crippen LogP contribution is -2.25. The van der Waals surface area contributed by atoms with Crippen molar-refractivity contribution in [1.82, 2.24) is 29.6 Å². The molecular weight excluding hydrogens is 314 g/mol. The smallest absolute Gasteiger partial charge is 0.302 e. The molecule has 3 aromatic rings. The van der Waals surface area contributed by atoms with Crippen LogP contribution in [0.4, 0.5) is 5.69 Å². The molecule has 0 aliphatic rings. The molecule has 0 bridgehead atoms. The highest BCUT2D eigenvalue weighted by atomic mass is 35.5. The summed E-state index contributed by atoms with van der Waals surface area (Å²) in [5.41, 5.74) is -0.544. The molecule has 0 fully saturated rings. The highest BCUT2D eigenvalue weighted by Crippen LogP contribution is 2.16. The fourth-order valence-electron chi connectivity index (χ4n) is 2.10. The Morgan fingerprint density at radius 3 is 2.82 bits per heavy atom. The Hall–Kier alpha value is -2.88. The molecule has 3 aromatic heterocycles. The summed E-state index contributed by atoms with van der Waals surface area (Å²) in [5.74, 6) is 0.114. The zero-order valence-corrected chi connectivity index (χ0v) is 11.9. The van der Waals surface area contributed by atoms with Crippen molar-refractivity contribution in [2.45, 2.75) is 13.5 Å². The van der Waals surface area contributed by atoms with Gasteiger partial charge in [0.25, 0.3) is 5.78 Å². The summed E-state index contributed by atoms with van der Waals surface area (Å²) in [4.78, 5) is 26.4. The molecule has 0 spiro atoms. The van der Waals surface area contributed by atoms with Crippen molar-refractivity contribution in [3.05, 3.63) is 55.2 Å². The van der Waals surface area contributed by atoms with Crippen molar-refractivity contribution in [2.75, 3.05) is 0 Å². The molecule has 112 valence electrons. The third-order valence-electron chi connectivity index (χ3n) is 3.15. The minimum Gasteiger partial charge on any atom is -0.302 e. The summed E-state index contributed by atoms with van der Waals surface area (Å²) in [7, 11) is 0. The number of fused-ring (bicyclic) bond motifs is 1. The highest BCUT2D eigenvalue weighted by Gasteiger charge is 2.25. The predicted molar refractivity (Wildman–Crippen MR) is 74.8 cm³/mol. The van der Waals surface area contributed by atoms with Crippen molar-refractivity contribution in [1.29, 1.82) is 0 Å². The molecule has 0 unspecified atom stereocenters. The lowest BCUT2D eigenvalue weighted by atomic mass is 10.2. The zero-order chi connectivity index (χ0) is 15.9. The third-order valence-corrected chi connectivity index (χ3v) is 3.37. The number of pyridine rings is 1. The summed E-state index contributed by atoms with van der Waals surface area (Å²) < 4.78 is 2.28. The van der Waals surface area contributed by atoms with E-state index in [9.17, 15) is 14.9 Å². The van der Waals surface area contributed by atoms with Gasteiger partial charge in [-0.1, -0.05) is 22.8 Å². The minimum absolute atomic E-state index is 0.114. The number of nitrogens with zero attached hydrogens (tertiary/aromatic N) is 7. The Morgan fingerprint density at radius 2 is 2.18 bits per heavy atom. The summed E-state index contributed by atoms with van der Waals surface area (Å²) in [6.07, 6.45) is 1.53. The molecule has 0 aliphatic heterocycles. The first-order valence-electron chi connectivity index (χ1n) is 6.05. The maximum atomic E-state index is 12.0. The quantitative estimate of drug-likeness (QED) is 0.393. The molecule has 10 nitrogen and oxygen atoms in total. The van der Waals surface area contributed by atoms with Gasteiger partial charge in [-0.05, 0) is 29.0 Å². The van der Waals surface area contributed by atoms with Crippen molar-refractivity contribution in [3.63, 3.8) is 0 Å². The number of hydrogen-bond donors (Lipinski definition) is 0. The van der Waals surface area contributed by atoms with Crippen LogP contribution in [0.25, 0.3) is 5.78 Å². The van der Waals surface area contributed by atoms with E-state index >= 15 is 0 Å². The second kappa shape index (κ2) is 5.15. The number of aromatic nitrogens is 6. The van der Waals surface area contributed by atoms with Crippen molar-refractivity contribution in [3.8, 4) is 0 Å². The van der Waals surface area contributed by atoms with Crippen LogP contribution in [-0.4, -0.2) is 34.5 Å². The van der Waals surface area contributed by atoms with Crippen LogP contribution in [0.5, 0.6) is 0 Å². The van der Waals surface area contributed by atoms with E-state index in [1.165, 1.54) is 17.7 Å². The average Bonchev–Trinajstić information content (AvgIpc) is 2.95. The fourth-order valence-corrected chi connectivity index (χ4v) is 2.21. The maximum absolute atomic E-state index is 12.0. The van der Waals surface area contributed by atoms with Crippen molar-refractivity contribution < 1.29 is 4.92 Å². The molecule has 3 rings (SSSR count). The SMILES string of the molecule is Cc1c([N+](=O)[O-])c(=O)n2nnnc2n1Cc1ccc(Cl)nc1. The van der Waals surface area contributed by atoms with E-state index in [4.69, 9.17) is 11.6 Å². The Labute approximate surface area is 127 Å². The largest absolute Gasteiger partial charge is 0.355 e. The lowest BCUT2D eigenvalue weighted by Gasteiger charge is -2.11. The van der Waals surface area contributed by atoms with E-state index in [1.54, 1.807) is 12.1 Å². The first-order valence-corrected chi connectivity index (χ1v) is 6.43. The number of hydrogen-bond acceptors (Lipinski definition) is 7. The van der Waals surface area contributed by atoms with Gasteiger partial charge in [-0.3, -0.25) is 14.9 Å². The second-order valence-electron chi connectivity index (χ2n) is 4.46. The lowest BCUT2D eigenvalue weighted by molar-refractivity contribution is -0.387. The molecule has 0 atom stereocenters. The molecule has 22 heavy (non-hydrogen) atoms. The van der Waals surface area contributed by atoms with E-state index in [-0.39, 0.29) is 18.0 Å². The second-order valence-corrected chi connectivity index (χ2v) is 4.85. The van der Waals surface area contributed by atoms with Crippen LogP contribution in [0.2, 0.25) is 5.15 Å². The van der Waals surface area contributed by atoms with Crippen LogP contribution < -0.4 is 5.56 Å². The fraction of sp³-hybridized carbons (Fsp3) is 0.182. The molecule has 0 saturated heterocycles. The normalized spacial score (nSPS) is 11.0. The molecule has 0 N–H and O–H groups in total. The Morgan fingerprint density at radius 1 is 1.41 bits per heavy atom. The topological polar surface area (TPSA) is 121 Å². The monoisotopic (exact) mass is 321 g/mol. The number of tetrazole rings is 1. The van der Waals surface area contributed by atoms with Gasteiger partial charge in [0.2, 0.25) is 0 Å².